The van der Waals surface area contributed by atoms with Gasteiger partial charge in [-0.25, -0.2) is 4.79 Å². The molecule has 130 valence electrons. The van der Waals surface area contributed by atoms with Crippen LogP contribution in [0.3, 0.4) is 0 Å². The van der Waals surface area contributed by atoms with Gasteiger partial charge in [-0.05, 0) is 18.9 Å². The number of para-hydroxylation sites is 1. The summed E-state index contributed by atoms with van der Waals surface area (Å²) < 4.78 is 5.76. The van der Waals surface area contributed by atoms with Crippen LogP contribution in [0.2, 0.25) is 0 Å². The first-order valence-electron chi connectivity index (χ1n) is 9.04. The Morgan fingerprint density at radius 3 is 2.62 bits per heavy atom. The van der Waals surface area contributed by atoms with Crippen LogP contribution in [0, 0.1) is 0 Å². The van der Waals surface area contributed by atoms with E-state index >= 15 is 0 Å². The molecule has 1 unspecified atom stereocenters. The van der Waals surface area contributed by atoms with E-state index in [1.165, 1.54) is 0 Å². The molecule has 4 rings (SSSR count). The first-order chi connectivity index (χ1) is 11.8. The summed E-state index contributed by atoms with van der Waals surface area (Å²) in [5.41, 5.74) is 2.16. The summed E-state index contributed by atoms with van der Waals surface area (Å²) in [5, 5.41) is 6.70. The number of piperidine rings is 1. The lowest BCUT2D eigenvalue weighted by atomic mass is 10.0. The molecule has 1 atom stereocenters. The van der Waals surface area contributed by atoms with Gasteiger partial charge in [0.2, 0.25) is 0 Å². The SMILES string of the molecule is O=C(OC1CNc2ccccc21)N1CCC(N2CCNCC2)CC1. The zero-order valence-corrected chi connectivity index (χ0v) is 14.0. The second kappa shape index (κ2) is 6.99. The van der Waals surface area contributed by atoms with Crippen molar-refractivity contribution in [1.29, 1.82) is 0 Å². The molecule has 3 heterocycles. The summed E-state index contributed by atoms with van der Waals surface area (Å²) >= 11 is 0. The first kappa shape index (κ1) is 15.7. The largest absolute Gasteiger partial charge is 0.439 e. The molecule has 2 N–H and O–H groups in total. The van der Waals surface area contributed by atoms with Gasteiger partial charge in [-0.1, -0.05) is 18.2 Å². The maximum Gasteiger partial charge on any atom is 0.410 e. The van der Waals surface area contributed by atoms with Crippen molar-refractivity contribution in [3.63, 3.8) is 0 Å². The van der Waals surface area contributed by atoms with Crippen LogP contribution in [0.1, 0.15) is 24.5 Å². The third-order valence-corrected chi connectivity index (χ3v) is 5.42. The highest BCUT2D eigenvalue weighted by molar-refractivity contribution is 5.69. The molecule has 2 fully saturated rings. The molecule has 2 saturated heterocycles. The number of piperazine rings is 1. The van der Waals surface area contributed by atoms with Crippen LogP contribution in [-0.2, 0) is 4.74 Å². The van der Waals surface area contributed by atoms with Crippen LogP contribution in [0.15, 0.2) is 24.3 Å². The quantitative estimate of drug-likeness (QED) is 0.864. The Kier molecular flexibility index (Phi) is 4.58. The van der Waals surface area contributed by atoms with Gasteiger partial charge in [0.1, 0.15) is 6.10 Å². The lowest BCUT2D eigenvalue weighted by Gasteiger charge is -2.40. The average molecular weight is 330 g/mol. The highest BCUT2D eigenvalue weighted by Gasteiger charge is 2.31. The maximum absolute atomic E-state index is 12.5. The fourth-order valence-corrected chi connectivity index (χ4v) is 4.01. The predicted octanol–water partition coefficient (Wildman–Crippen LogP) is 1.66. The Morgan fingerprint density at radius 2 is 1.83 bits per heavy atom. The summed E-state index contributed by atoms with van der Waals surface area (Å²) in [6.07, 6.45) is 1.76. The Morgan fingerprint density at radius 1 is 1.08 bits per heavy atom. The summed E-state index contributed by atoms with van der Waals surface area (Å²) in [4.78, 5) is 16.9. The molecule has 3 aliphatic rings. The molecule has 1 aromatic carbocycles. The zero-order chi connectivity index (χ0) is 16.4. The molecule has 3 aliphatic heterocycles. The second-order valence-electron chi connectivity index (χ2n) is 6.84. The topological polar surface area (TPSA) is 56.8 Å². The summed E-state index contributed by atoms with van der Waals surface area (Å²) in [7, 11) is 0. The molecule has 6 nitrogen and oxygen atoms in total. The number of hydrogen-bond acceptors (Lipinski definition) is 5. The van der Waals surface area contributed by atoms with Crippen molar-refractivity contribution in [2.75, 3.05) is 51.1 Å². The number of fused-ring (bicyclic) bond motifs is 1. The third-order valence-electron chi connectivity index (χ3n) is 5.42. The van der Waals surface area contributed by atoms with Gasteiger partial charge >= 0.3 is 6.09 Å². The number of likely N-dealkylation sites (tertiary alicyclic amines) is 1. The molecule has 1 amide bonds. The van der Waals surface area contributed by atoms with Crippen molar-refractivity contribution in [3.05, 3.63) is 29.8 Å². The monoisotopic (exact) mass is 330 g/mol. The number of carbonyl (C=O) groups is 1. The van der Waals surface area contributed by atoms with Crippen molar-refractivity contribution in [2.24, 2.45) is 0 Å². The molecule has 24 heavy (non-hydrogen) atoms. The van der Waals surface area contributed by atoms with Crippen LogP contribution >= 0.6 is 0 Å². The van der Waals surface area contributed by atoms with Crippen LogP contribution < -0.4 is 10.6 Å². The Hall–Kier alpha value is -1.79. The van der Waals surface area contributed by atoms with Crippen LogP contribution in [0.4, 0.5) is 10.5 Å². The Balaban J connectivity index is 1.29. The van der Waals surface area contributed by atoms with Gasteiger partial charge in [0, 0.05) is 56.6 Å². The van der Waals surface area contributed by atoms with E-state index in [2.05, 4.69) is 15.5 Å². The number of amides is 1. The molecule has 0 aliphatic carbocycles. The van der Waals surface area contributed by atoms with Crippen molar-refractivity contribution < 1.29 is 9.53 Å². The standard InChI is InChI=1S/C18H26N4O2/c23-18(24-17-13-20-16-4-2-1-3-15(16)17)22-9-5-14(6-10-22)21-11-7-19-8-12-21/h1-4,14,17,19-20H,5-13H2. The summed E-state index contributed by atoms with van der Waals surface area (Å²) in [6, 6.07) is 8.67. The number of rotatable bonds is 2. The minimum atomic E-state index is -0.169. The molecule has 0 spiro atoms. The highest BCUT2D eigenvalue weighted by atomic mass is 16.6. The third kappa shape index (κ3) is 3.21. The number of nitrogens with one attached hydrogen (secondary N) is 2. The van der Waals surface area contributed by atoms with E-state index in [-0.39, 0.29) is 12.2 Å². The summed E-state index contributed by atoms with van der Waals surface area (Å²) in [5.74, 6) is 0. The van der Waals surface area contributed by atoms with E-state index in [1.54, 1.807) is 0 Å². The van der Waals surface area contributed by atoms with Crippen LogP contribution in [0.25, 0.3) is 0 Å². The number of nitrogens with zero attached hydrogens (tertiary/aromatic N) is 2. The smallest absolute Gasteiger partial charge is 0.410 e. The van der Waals surface area contributed by atoms with E-state index in [0.29, 0.717) is 12.6 Å². The number of ether oxygens (including phenoxy) is 1. The van der Waals surface area contributed by atoms with Gasteiger partial charge in [-0.2, -0.15) is 0 Å². The molecule has 0 radical (unpaired) electrons. The van der Waals surface area contributed by atoms with E-state index in [0.717, 1.165) is 63.4 Å². The normalized spacial score (nSPS) is 25.2. The van der Waals surface area contributed by atoms with E-state index in [4.69, 9.17) is 4.74 Å². The molecule has 0 aromatic heterocycles. The van der Waals surface area contributed by atoms with Gasteiger partial charge in [-0.15, -0.1) is 0 Å². The fourth-order valence-electron chi connectivity index (χ4n) is 4.01. The lowest BCUT2D eigenvalue weighted by molar-refractivity contribution is 0.0479. The molecule has 6 heteroatoms. The first-order valence-corrected chi connectivity index (χ1v) is 9.04. The van der Waals surface area contributed by atoms with Gasteiger partial charge in [0.05, 0.1) is 6.54 Å². The van der Waals surface area contributed by atoms with Gasteiger partial charge < -0.3 is 20.3 Å². The zero-order valence-electron chi connectivity index (χ0n) is 14.0. The van der Waals surface area contributed by atoms with E-state index in [9.17, 15) is 4.79 Å². The molecule has 1 aromatic rings. The molecular formula is C18H26N4O2. The lowest BCUT2D eigenvalue weighted by Crippen LogP contribution is -2.52. The second-order valence-corrected chi connectivity index (χ2v) is 6.84. The van der Waals surface area contributed by atoms with E-state index < -0.39 is 0 Å². The van der Waals surface area contributed by atoms with Gasteiger partial charge in [0.25, 0.3) is 0 Å². The summed E-state index contributed by atoms with van der Waals surface area (Å²) in [6.45, 7) is 6.68. The molecule has 0 saturated carbocycles. The average Bonchev–Trinajstić information content (AvgIpc) is 3.06. The highest BCUT2D eigenvalue weighted by Crippen LogP contribution is 2.32. The fraction of sp³-hybridized carbons (Fsp3) is 0.611. The number of anilines is 1. The van der Waals surface area contributed by atoms with Crippen molar-refractivity contribution in [2.45, 2.75) is 25.0 Å². The van der Waals surface area contributed by atoms with Crippen molar-refractivity contribution in [3.8, 4) is 0 Å². The maximum atomic E-state index is 12.5. The number of carbonyl (C=O) groups excluding carboxylic acids is 1. The number of benzene rings is 1. The predicted molar refractivity (Wildman–Crippen MR) is 93.2 cm³/mol. The van der Waals surface area contributed by atoms with Crippen molar-refractivity contribution in [1.82, 2.24) is 15.1 Å². The molecule has 0 bridgehead atoms. The molecular weight excluding hydrogens is 304 g/mol. The van der Waals surface area contributed by atoms with Gasteiger partial charge in [0.15, 0.2) is 0 Å². The minimum absolute atomic E-state index is 0.167. The minimum Gasteiger partial charge on any atom is -0.439 e. The Bertz CT molecular complexity index is 580. The van der Waals surface area contributed by atoms with E-state index in [1.807, 2.05) is 29.2 Å². The van der Waals surface area contributed by atoms with Crippen LogP contribution in [0.5, 0.6) is 0 Å². The number of hydrogen-bond donors (Lipinski definition) is 2. The van der Waals surface area contributed by atoms with Gasteiger partial charge in [-0.3, -0.25) is 4.90 Å². The Labute approximate surface area is 143 Å². The van der Waals surface area contributed by atoms with Crippen LogP contribution in [-0.4, -0.2) is 67.7 Å². The van der Waals surface area contributed by atoms with Crippen molar-refractivity contribution >= 4 is 11.8 Å².